The Morgan fingerprint density at radius 3 is 2.32 bits per heavy atom. The van der Waals surface area contributed by atoms with Crippen molar-refractivity contribution in [1.82, 2.24) is 15.0 Å². The molecule has 3 aromatic carbocycles. The van der Waals surface area contributed by atoms with Gasteiger partial charge in [0, 0.05) is 17.7 Å². The molecule has 4 aromatic rings. The molecule has 0 saturated heterocycles. The minimum absolute atomic E-state index is 0.0205. The first kappa shape index (κ1) is 26.1. The fourth-order valence-electron chi connectivity index (χ4n) is 4.31. The maximum Gasteiger partial charge on any atom is 0.417 e. The van der Waals surface area contributed by atoms with Crippen LogP contribution in [0.2, 0.25) is 0 Å². The van der Waals surface area contributed by atoms with Gasteiger partial charge in [-0.15, -0.1) is 0 Å². The van der Waals surface area contributed by atoms with Crippen molar-refractivity contribution < 1.29 is 27.6 Å². The van der Waals surface area contributed by atoms with E-state index in [0.29, 0.717) is 24.1 Å². The third kappa shape index (κ3) is 5.72. The van der Waals surface area contributed by atoms with Crippen LogP contribution < -0.4 is 0 Å². The summed E-state index contributed by atoms with van der Waals surface area (Å²) in [5, 5.41) is 13.3. The number of carboxylic acids is 1. The van der Waals surface area contributed by atoms with Crippen molar-refractivity contribution in [3.05, 3.63) is 83.4 Å². The predicted molar refractivity (Wildman–Crippen MR) is 134 cm³/mol. The number of halogens is 3. The standard InChI is InChI=1S/C28H26F3N3O3/c1-4-24(27(35)36)34(3)16-18-9-11-19(12-10-18)25-32-26(37-33-25)20-13-14-22(23(15-20)28(29,30)31)21-8-6-5-7-17(21)2/h5-15,24H,4,16H2,1-3H3,(H,35,36). The summed E-state index contributed by atoms with van der Waals surface area (Å²) in [6.45, 7) is 4.03. The van der Waals surface area contributed by atoms with Gasteiger partial charge in [-0.3, -0.25) is 9.69 Å². The summed E-state index contributed by atoms with van der Waals surface area (Å²) in [5.41, 5.74) is 2.24. The van der Waals surface area contributed by atoms with Crippen LogP contribution in [0.5, 0.6) is 0 Å². The quantitative estimate of drug-likeness (QED) is 0.285. The van der Waals surface area contributed by atoms with E-state index in [4.69, 9.17) is 4.52 Å². The first-order valence-electron chi connectivity index (χ1n) is 11.7. The lowest BCUT2D eigenvalue weighted by Crippen LogP contribution is -2.37. The number of hydrogen-bond acceptors (Lipinski definition) is 5. The molecule has 0 aliphatic carbocycles. The van der Waals surface area contributed by atoms with E-state index < -0.39 is 23.8 Å². The van der Waals surface area contributed by atoms with Crippen LogP contribution >= 0.6 is 0 Å². The number of alkyl halides is 3. The SMILES string of the molecule is CCC(C(=O)O)N(C)Cc1ccc(-c2noc(-c3ccc(-c4ccccc4C)c(C(F)(F)F)c3)n2)cc1. The van der Waals surface area contributed by atoms with Crippen LogP contribution in [-0.2, 0) is 17.5 Å². The molecule has 4 rings (SSSR count). The maximum absolute atomic E-state index is 14.0. The highest BCUT2D eigenvalue weighted by Crippen LogP contribution is 2.40. The van der Waals surface area contributed by atoms with E-state index in [1.807, 2.05) is 19.1 Å². The number of carboxylic acid groups (broad SMARTS) is 1. The van der Waals surface area contributed by atoms with Crippen LogP contribution in [0.25, 0.3) is 34.0 Å². The van der Waals surface area contributed by atoms with Gasteiger partial charge in [0.2, 0.25) is 5.82 Å². The summed E-state index contributed by atoms with van der Waals surface area (Å²) in [6, 6.07) is 17.5. The monoisotopic (exact) mass is 509 g/mol. The van der Waals surface area contributed by atoms with Crippen LogP contribution in [0.1, 0.15) is 30.0 Å². The van der Waals surface area contributed by atoms with Crippen molar-refractivity contribution in [2.75, 3.05) is 7.05 Å². The zero-order valence-electron chi connectivity index (χ0n) is 20.6. The normalized spacial score (nSPS) is 12.6. The van der Waals surface area contributed by atoms with Gasteiger partial charge in [0.1, 0.15) is 6.04 Å². The second kappa shape index (κ2) is 10.6. The Labute approximate surface area is 212 Å². The predicted octanol–water partition coefficient (Wildman–Crippen LogP) is 6.69. The Balaban J connectivity index is 1.59. The molecule has 0 amide bonds. The average molecular weight is 510 g/mol. The summed E-state index contributed by atoms with van der Waals surface area (Å²) in [5.74, 6) is -0.655. The topological polar surface area (TPSA) is 79.5 Å². The molecule has 0 spiro atoms. The first-order chi connectivity index (χ1) is 17.6. The third-order valence-electron chi connectivity index (χ3n) is 6.28. The van der Waals surface area contributed by atoms with E-state index in [2.05, 4.69) is 10.1 Å². The Hall–Kier alpha value is -3.98. The van der Waals surface area contributed by atoms with E-state index >= 15 is 0 Å². The lowest BCUT2D eigenvalue weighted by Gasteiger charge is -2.23. The molecule has 1 heterocycles. The van der Waals surface area contributed by atoms with Crippen molar-refractivity contribution in [3.63, 3.8) is 0 Å². The molecular formula is C28H26F3N3O3. The summed E-state index contributed by atoms with van der Waals surface area (Å²) in [4.78, 5) is 17.4. The second-order valence-electron chi connectivity index (χ2n) is 8.87. The highest BCUT2D eigenvalue weighted by atomic mass is 19.4. The molecule has 6 nitrogen and oxygen atoms in total. The molecule has 0 aliphatic heterocycles. The number of carbonyl (C=O) groups is 1. The zero-order valence-corrected chi connectivity index (χ0v) is 20.6. The number of nitrogens with zero attached hydrogens (tertiary/aromatic N) is 3. The van der Waals surface area contributed by atoms with Gasteiger partial charge >= 0.3 is 12.1 Å². The molecule has 9 heteroatoms. The van der Waals surface area contributed by atoms with Gasteiger partial charge in [-0.1, -0.05) is 66.7 Å². The van der Waals surface area contributed by atoms with Crippen LogP contribution in [0.4, 0.5) is 13.2 Å². The number of aryl methyl sites for hydroxylation is 1. The van der Waals surface area contributed by atoms with Crippen molar-refractivity contribution in [2.24, 2.45) is 0 Å². The van der Waals surface area contributed by atoms with Gasteiger partial charge in [-0.2, -0.15) is 18.2 Å². The molecular weight excluding hydrogens is 483 g/mol. The van der Waals surface area contributed by atoms with Gasteiger partial charge in [-0.25, -0.2) is 0 Å². The molecule has 1 aromatic heterocycles. The molecule has 1 atom stereocenters. The van der Waals surface area contributed by atoms with Gasteiger partial charge in [0.15, 0.2) is 0 Å². The smallest absolute Gasteiger partial charge is 0.417 e. The highest BCUT2D eigenvalue weighted by Gasteiger charge is 2.34. The van der Waals surface area contributed by atoms with Gasteiger partial charge in [-0.05, 0) is 54.8 Å². The minimum atomic E-state index is -4.57. The van der Waals surface area contributed by atoms with Crippen molar-refractivity contribution in [3.8, 4) is 34.0 Å². The average Bonchev–Trinajstić information content (AvgIpc) is 3.34. The van der Waals surface area contributed by atoms with Crippen molar-refractivity contribution in [2.45, 2.75) is 39.0 Å². The minimum Gasteiger partial charge on any atom is -0.480 e. The fraction of sp³-hybridized carbons (Fsp3) is 0.250. The molecule has 0 aliphatic rings. The fourth-order valence-corrected chi connectivity index (χ4v) is 4.31. The maximum atomic E-state index is 14.0. The molecule has 0 radical (unpaired) electrons. The lowest BCUT2D eigenvalue weighted by molar-refractivity contribution is -0.143. The summed E-state index contributed by atoms with van der Waals surface area (Å²) >= 11 is 0. The number of rotatable bonds is 8. The van der Waals surface area contributed by atoms with E-state index in [9.17, 15) is 23.1 Å². The number of aliphatic carboxylic acids is 1. The Bertz CT molecular complexity index is 1400. The second-order valence-corrected chi connectivity index (χ2v) is 8.87. The summed E-state index contributed by atoms with van der Waals surface area (Å²) < 4.78 is 47.2. The summed E-state index contributed by atoms with van der Waals surface area (Å²) in [7, 11) is 1.75. The number of aromatic nitrogens is 2. The first-order valence-corrected chi connectivity index (χ1v) is 11.7. The third-order valence-corrected chi connectivity index (χ3v) is 6.28. The number of hydrogen-bond donors (Lipinski definition) is 1. The molecule has 1 N–H and O–H groups in total. The van der Waals surface area contributed by atoms with E-state index in [-0.39, 0.29) is 22.8 Å². The van der Waals surface area contributed by atoms with Crippen LogP contribution in [-0.4, -0.2) is 39.2 Å². The molecule has 192 valence electrons. The Kier molecular flexibility index (Phi) is 7.45. The van der Waals surface area contributed by atoms with Crippen molar-refractivity contribution >= 4 is 5.97 Å². The largest absolute Gasteiger partial charge is 0.480 e. The molecule has 0 fully saturated rings. The molecule has 0 saturated carbocycles. The summed E-state index contributed by atoms with van der Waals surface area (Å²) in [6.07, 6.45) is -4.09. The lowest BCUT2D eigenvalue weighted by atomic mass is 9.94. The zero-order chi connectivity index (χ0) is 26.7. The number of benzene rings is 3. The number of likely N-dealkylation sites (N-methyl/N-ethyl adjacent to an activating group) is 1. The van der Waals surface area contributed by atoms with Crippen LogP contribution in [0, 0.1) is 6.92 Å². The van der Waals surface area contributed by atoms with Gasteiger partial charge in [0.05, 0.1) is 5.56 Å². The van der Waals surface area contributed by atoms with E-state index in [0.717, 1.165) is 17.2 Å². The van der Waals surface area contributed by atoms with Crippen molar-refractivity contribution in [1.29, 1.82) is 0 Å². The van der Waals surface area contributed by atoms with Crippen LogP contribution in [0.3, 0.4) is 0 Å². The van der Waals surface area contributed by atoms with Crippen LogP contribution in [0.15, 0.2) is 71.3 Å². The van der Waals surface area contributed by atoms with E-state index in [1.165, 1.54) is 6.07 Å². The highest BCUT2D eigenvalue weighted by molar-refractivity contribution is 5.75. The molecule has 1 unspecified atom stereocenters. The Morgan fingerprint density at radius 1 is 1.03 bits per heavy atom. The van der Waals surface area contributed by atoms with E-state index in [1.54, 1.807) is 61.3 Å². The molecule has 37 heavy (non-hydrogen) atoms. The Morgan fingerprint density at radius 2 is 1.70 bits per heavy atom. The van der Waals surface area contributed by atoms with Gasteiger partial charge < -0.3 is 9.63 Å². The molecule has 0 bridgehead atoms. The van der Waals surface area contributed by atoms with Gasteiger partial charge in [0.25, 0.3) is 5.89 Å².